The lowest BCUT2D eigenvalue weighted by Crippen LogP contribution is -2.41. The van der Waals surface area contributed by atoms with Crippen molar-refractivity contribution >= 4 is 50.1 Å². The number of rotatable bonds is 3. The lowest BCUT2D eigenvalue weighted by atomic mass is 9.96. The Morgan fingerprint density at radius 1 is 1.29 bits per heavy atom. The summed E-state index contributed by atoms with van der Waals surface area (Å²) in [7, 11) is 3.80. The molecule has 0 unspecified atom stereocenters. The highest BCUT2D eigenvalue weighted by molar-refractivity contribution is 7.19. The molecule has 2 bridgehead atoms. The Balaban J connectivity index is 1.52. The molecule has 0 aliphatic carbocycles. The summed E-state index contributed by atoms with van der Waals surface area (Å²) in [5.41, 5.74) is 2.51. The monoisotopic (exact) mass is 455 g/mol. The molecule has 5 heterocycles. The van der Waals surface area contributed by atoms with Gasteiger partial charge in [-0.1, -0.05) is 11.6 Å². The smallest absolute Gasteiger partial charge is 0.266 e. The molecular formula is C21H22ClN7OS. The summed E-state index contributed by atoms with van der Waals surface area (Å²) in [5, 5.41) is 12.8. The van der Waals surface area contributed by atoms with Crippen molar-refractivity contribution in [1.82, 2.24) is 30.0 Å². The minimum Gasteiger partial charge on any atom is -0.335 e. The molecule has 0 spiro atoms. The Morgan fingerprint density at radius 3 is 2.90 bits per heavy atom. The van der Waals surface area contributed by atoms with Gasteiger partial charge in [0.2, 0.25) is 5.95 Å². The van der Waals surface area contributed by atoms with Gasteiger partial charge in [-0.3, -0.25) is 14.5 Å². The van der Waals surface area contributed by atoms with Gasteiger partial charge in [0.15, 0.2) is 5.65 Å². The molecular weight excluding hydrogens is 434 g/mol. The van der Waals surface area contributed by atoms with Crippen LogP contribution in [0.15, 0.2) is 16.9 Å². The van der Waals surface area contributed by atoms with Gasteiger partial charge < -0.3 is 10.2 Å². The number of hydrogen-bond acceptors (Lipinski definition) is 7. The highest BCUT2D eigenvalue weighted by Gasteiger charge is 2.47. The number of H-pyrrole nitrogens is 1. The minimum atomic E-state index is -0.118. The third kappa shape index (κ3) is 2.63. The molecule has 2 N–H and O–H groups in total. The number of nitrogens with zero attached hydrogens (tertiary/aromatic N) is 5. The quantitative estimate of drug-likeness (QED) is 0.492. The standard InChI is InChI=1S/C21H22ClN7OS/c1-9-24-12-6-5-11(16(22)18(12)31-9)17-15-19(27-26-17)25-21(28(3)20(15)30)29-10-4-7-14(29)13(8-10)23-2/h5-6,10,13-14,23H,4,7-8H2,1-3H3,(H,26,27)/t10-,13+,14+/m0/s1. The second-order valence-corrected chi connectivity index (χ2v) is 10.00. The summed E-state index contributed by atoms with van der Waals surface area (Å²) in [6.07, 6.45) is 3.32. The zero-order valence-corrected chi connectivity index (χ0v) is 19.0. The lowest BCUT2D eigenvalue weighted by molar-refractivity contribution is 0.445. The Labute approximate surface area is 187 Å². The van der Waals surface area contributed by atoms with Gasteiger partial charge in [-0.25, -0.2) is 4.98 Å². The van der Waals surface area contributed by atoms with Gasteiger partial charge in [0.1, 0.15) is 5.39 Å². The van der Waals surface area contributed by atoms with E-state index in [1.54, 1.807) is 23.0 Å². The zero-order chi connectivity index (χ0) is 21.4. The number of aromatic amines is 1. The first-order chi connectivity index (χ1) is 15.0. The molecule has 2 aliphatic rings. The zero-order valence-electron chi connectivity index (χ0n) is 17.4. The van der Waals surface area contributed by atoms with Crippen LogP contribution < -0.4 is 15.8 Å². The van der Waals surface area contributed by atoms with E-state index in [-0.39, 0.29) is 5.56 Å². The number of fused-ring (bicyclic) bond motifs is 4. The molecule has 2 saturated heterocycles. The third-order valence-electron chi connectivity index (χ3n) is 6.78. The van der Waals surface area contributed by atoms with Gasteiger partial charge >= 0.3 is 0 Å². The molecule has 3 aromatic heterocycles. The Kier molecular flexibility index (Phi) is 4.19. The number of halogens is 1. The predicted molar refractivity (Wildman–Crippen MR) is 124 cm³/mol. The van der Waals surface area contributed by atoms with Crippen molar-refractivity contribution < 1.29 is 0 Å². The summed E-state index contributed by atoms with van der Waals surface area (Å²) < 4.78 is 2.57. The molecule has 160 valence electrons. The topological polar surface area (TPSA) is 91.7 Å². The third-order valence-corrected chi connectivity index (χ3v) is 8.29. The largest absolute Gasteiger partial charge is 0.335 e. The van der Waals surface area contributed by atoms with Gasteiger partial charge in [0.05, 0.1) is 25.9 Å². The number of benzene rings is 1. The molecule has 31 heavy (non-hydrogen) atoms. The van der Waals surface area contributed by atoms with Gasteiger partial charge in [-0.2, -0.15) is 10.1 Å². The van der Waals surface area contributed by atoms with Crippen LogP contribution in [0.25, 0.3) is 32.5 Å². The van der Waals surface area contributed by atoms with Gasteiger partial charge in [-0.15, -0.1) is 11.3 Å². The van der Waals surface area contributed by atoms with Crippen LogP contribution in [-0.2, 0) is 7.05 Å². The number of aromatic nitrogens is 5. The molecule has 2 aliphatic heterocycles. The molecule has 0 amide bonds. The van der Waals surface area contributed by atoms with Crippen molar-refractivity contribution in [1.29, 1.82) is 0 Å². The number of thiazole rings is 1. The Hall–Kier alpha value is -2.49. The van der Waals surface area contributed by atoms with Crippen LogP contribution >= 0.6 is 22.9 Å². The van der Waals surface area contributed by atoms with Crippen molar-refractivity contribution in [2.45, 2.75) is 44.3 Å². The lowest BCUT2D eigenvalue weighted by Gasteiger charge is -2.26. The number of likely N-dealkylation sites (N-methyl/N-ethyl adjacent to an activating group) is 1. The van der Waals surface area contributed by atoms with Crippen molar-refractivity contribution in [3.63, 3.8) is 0 Å². The average molecular weight is 456 g/mol. The summed E-state index contributed by atoms with van der Waals surface area (Å²) in [4.78, 5) is 25.1. The second-order valence-electron chi connectivity index (χ2n) is 8.42. The summed E-state index contributed by atoms with van der Waals surface area (Å²) >= 11 is 8.27. The first kappa shape index (κ1) is 19.2. The van der Waals surface area contributed by atoms with Crippen LogP contribution in [0.4, 0.5) is 5.95 Å². The highest BCUT2D eigenvalue weighted by Crippen LogP contribution is 2.41. The molecule has 0 saturated carbocycles. The molecule has 4 aromatic rings. The van der Waals surface area contributed by atoms with E-state index in [0.29, 0.717) is 45.8 Å². The summed E-state index contributed by atoms with van der Waals surface area (Å²) in [6.45, 7) is 1.96. The minimum absolute atomic E-state index is 0.118. The van der Waals surface area contributed by atoms with Crippen molar-refractivity contribution in [2.24, 2.45) is 7.05 Å². The molecule has 10 heteroatoms. The SMILES string of the molecule is CN[C@@H]1C[C@@H]2CC[C@H]1N2c1nc2n[nH]c(-c3ccc4nc(C)sc4c3Cl)c2c(=O)n1C. The van der Waals surface area contributed by atoms with E-state index in [2.05, 4.69) is 25.4 Å². The fraction of sp³-hybridized carbons (Fsp3) is 0.429. The maximum atomic E-state index is 13.5. The maximum Gasteiger partial charge on any atom is 0.266 e. The van der Waals surface area contributed by atoms with Gasteiger partial charge in [0.25, 0.3) is 5.56 Å². The molecule has 0 radical (unpaired) electrons. The molecule has 3 atom stereocenters. The second kappa shape index (κ2) is 6.75. The summed E-state index contributed by atoms with van der Waals surface area (Å²) in [6, 6.07) is 5.01. The van der Waals surface area contributed by atoms with Crippen molar-refractivity contribution in [2.75, 3.05) is 11.9 Å². The van der Waals surface area contributed by atoms with Crippen LogP contribution in [0.2, 0.25) is 5.02 Å². The molecule has 1 aromatic carbocycles. The summed E-state index contributed by atoms with van der Waals surface area (Å²) in [5.74, 6) is 0.695. The fourth-order valence-electron chi connectivity index (χ4n) is 5.34. The van der Waals surface area contributed by atoms with Crippen LogP contribution in [-0.4, -0.2) is 49.9 Å². The molecule has 8 nitrogen and oxygen atoms in total. The van der Waals surface area contributed by atoms with E-state index >= 15 is 0 Å². The number of anilines is 1. The Bertz CT molecular complexity index is 1410. The van der Waals surface area contributed by atoms with Crippen LogP contribution in [0.1, 0.15) is 24.3 Å². The van der Waals surface area contributed by atoms with Crippen molar-refractivity contribution in [3.05, 3.63) is 32.5 Å². The Morgan fingerprint density at radius 2 is 2.13 bits per heavy atom. The number of hydrogen-bond donors (Lipinski definition) is 2. The number of nitrogens with one attached hydrogen (secondary N) is 2. The maximum absolute atomic E-state index is 13.5. The first-order valence-corrected chi connectivity index (χ1v) is 11.6. The fourth-order valence-corrected chi connectivity index (χ4v) is 6.57. The van der Waals surface area contributed by atoms with Gasteiger partial charge in [-0.05, 0) is 45.4 Å². The van der Waals surface area contributed by atoms with E-state index in [1.165, 1.54) is 0 Å². The normalized spacial score (nSPS) is 23.0. The number of aryl methyl sites for hydroxylation is 1. The van der Waals surface area contributed by atoms with Crippen molar-refractivity contribution in [3.8, 4) is 11.3 Å². The molecule has 6 rings (SSSR count). The predicted octanol–water partition coefficient (Wildman–Crippen LogP) is 3.22. The van der Waals surface area contributed by atoms with Crippen LogP contribution in [0.5, 0.6) is 0 Å². The van der Waals surface area contributed by atoms with E-state index < -0.39 is 0 Å². The van der Waals surface area contributed by atoms with E-state index in [1.807, 2.05) is 26.1 Å². The first-order valence-electron chi connectivity index (χ1n) is 10.4. The van der Waals surface area contributed by atoms with E-state index in [9.17, 15) is 4.79 Å². The average Bonchev–Trinajstić information content (AvgIpc) is 3.52. The van der Waals surface area contributed by atoms with Crippen LogP contribution in [0.3, 0.4) is 0 Å². The highest BCUT2D eigenvalue weighted by atomic mass is 35.5. The van der Waals surface area contributed by atoms with E-state index in [4.69, 9.17) is 16.6 Å². The van der Waals surface area contributed by atoms with E-state index in [0.717, 1.165) is 40.1 Å². The van der Waals surface area contributed by atoms with Crippen LogP contribution in [0, 0.1) is 6.92 Å². The molecule has 2 fully saturated rings. The van der Waals surface area contributed by atoms with Gasteiger partial charge in [0, 0.05) is 30.7 Å².